The molecule has 0 bridgehead atoms. The number of carbonyl (C=O) groups excluding carboxylic acids is 1. The van der Waals surface area contributed by atoms with Crippen LogP contribution in [0.5, 0.6) is 0 Å². The van der Waals surface area contributed by atoms with Crippen LogP contribution in [-0.4, -0.2) is 48.6 Å². The minimum absolute atomic E-state index is 0.254. The number of thioether (sulfide) groups is 1. The van der Waals surface area contributed by atoms with Crippen LogP contribution in [0.15, 0.2) is 17.0 Å². The van der Waals surface area contributed by atoms with Gasteiger partial charge in [0.05, 0.1) is 29.5 Å². The average molecular weight is 381 g/mol. The van der Waals surface area contributed by atoms with E-state index in [1.54, 1.807) is 18.7 Å². The van der Waals surface area contributed by atoms with E-state index in [1.807, 2.05) is 6.07 Å². The predicted octanol–water partition coefficient (Wildman–Crippen LogP) is 3.16. The fraction of sp³-hybridized carbons (Fsp3) is 0.529. The minimum atomic E-state index is -0.437. The van der Waals surface area contributed by atoms with E-state index >= 15 is 0 Å². The Labute approximate surface area is 155 Å². The van der Waals surface area contributed by atoms with Crippen molar-refractivity contribution in [1.82, 2.24) is 5.32 Å². The number of thiocarbonyl (C=S) groups is 1. The third-order valence-electron chi connectivity index (χ3n) is 4.87. The summed E-state index contributed by atoms with van der Waals surface area (Å²) in [6.45, 7) is 3.55. The van der Waals surface area contributed by atoms with Gasteiger partial charge in [0.1, 0.15) is 11.9 Å². The molecule has 0 aromatic heterocycles. The molecule has 1 aromatic rings. The highest BCUT2D eigenvalue weighted by atomic mass is 32.2. The van der Waals surface area contributed by atoms with Gasteiger partial charge < -0.3 is 15.0 Å². The van der Waals surface area contributed by atoms with E-state index in [1.165, 1.54) is 11.0 Å². The maximum Gasteiger partial charge on any atom is 0.414 e. The van der Waals surface area contributed by atoms with Gasteiger partial charge in [0.15, 0.2) is 0 Å². The second-order valence-electron chi connectivity index (χ2n) is 6.63. The van der Waals surface area contributed by atoms with Gasteiger partial charge in [-0.2, -0.15) is 0 Å². The van der Waals surface area contributed by atoms with Crippen molar-refractivity contribution < 1.29 is 13.9 Å². The molecule has 8 heteroatoms. The number of hydrogen-bond acceptors (Lipinski definition) is 5. The summed E-state index contributed by atoms with van der Waals surface area (Å²) < 4.78 is 20.2. The van der Waals surface area contributed by atoms with E-state index in [9.17, 15) is 9.18 Å². The van der Waals surface area contributed by atoms with Crippen LogP contribution in [0.4, 0.5) is 20.6 Å². The number of amides is 1. The number of halogens is 1. The first-order valence-electron chi connectivity index (χ1n) is 8.48. The molecule has 1 amide bonds. The molecule has 1 N–H and O–H groups in total. The number of carbonyl (C=O) groups is 1. The largest absolute Gasteiger partial charge is 0.442 e. The van der Waals surface area contributed by atoms with Crippen LogP contribution in [0.3, 0.4) is 0 Å². The normalized spacial score (nSPS) is 24.8. The number of nitrogens with zero attached hydrogens (tertiary/aromatic N) is 2. The van der Waals surface area contributed by atoms with Crippen molar-refractivity contribution in [3.05, 3.63) is 17.9 Å². The number of anilines is 2. The van der Waals surface area contributed by atoms with Crippen LogP contribution in [-0.2, 0) is 4.74 Å². The molecule has 0 aliphatic carbocycles. The maximum atomic E-state index is 14.8. The van der Waals surface area contributed by atoms with E-state index in [0.29, 0.717) is 35.5 Å². The monoisotopic (exact) mass is 381 g/mol. The summed E-state index contributed by atoms with van der Waals surface area (Å²) in [6.07, 6.45) is 1.51. The Morgan fingerprint density at radius 3 is 3.16 bits per heavy atom. The fourth-order valence-electron chi connectivity index (χ4n) is 3.69. The number of rotatable bonds is 3. The zero-order valence-corrected chi connectivity index (χ0v) is 15.6. The number of fused-ring (bicyclic) bond motifs is 3. The lowest BCUT2D eigenvalue weighted by Crippen LogP contribution is -2.35. The van der Waals surface area contributed by atoms with Gasteiger partial charge in [-0.05, 0) is 31.9 Å². The molecule has 0 saturated carbocycles. The fourth-order valence-corrected chi connectivity index (χ4v) is 5.05. The van der Waals surface area contributed by atoms with Crippen molar-refractivity contribution in [1.29, 1.82) is 0 Å². The van der Waals surface area contributed by atoms with Gasteiger partial charge in [0.2, 0.25) is 0 Å². The molecule has 2 fully saturated rings. The number of cyclic esters (lactones) is 1. The molecule has 2 saturated heterocycles. The molecule has 3 aliphatic heterocycles. The Bertz CT molecular complexity index is 730. The van der Waals surface area contributed by atoms with E-state index in [2.05, 4.69) is 10.2 Å². The van der Waals surface area contributed by atoms with Gasteiger partial charge in [0, 0.05) is 23.2 Å². The van der Waals surface area contributed by atoms with Crippen LogP contribution < -0.4 is 15.1 Å². The van der Waals surface area contributed by atoms with E-state index in [-0.39, 0.29) is 11.9 Å². The Balaban J connectivity index is 1.56. The number of nitrogens with one attached hydrogen (secondary N) is 1. The van der Waals surface area contributed by atoms with Gasteiger partial charge in [-0.1, -0.05) is 12.2 Å². The van der Waals surface area contributed by atoms with Crippen LogP contribution in [0.2, 0.25) is 0 Å². The van der Waals surface area contributed by atoms with Gasteiger partial charge in [-0.15, -0.1) is 11.8 Å². The first-order chi connectivity index (χ1) is 12.0. The highest BCUT2D eigenvalue weighted by Crippen LogP contribution is 2.45. The van der Waals surface area contributed by atoms with Crippen molar-refractivity contribution >= 4 is 46.4 Å². The zero-order chi connectivity index (χ0) is 17.6. The Hall–Kier alpha value is -1.54. The lowest BCUT2D eigenvalue weighted by Gasteiger charge is -2.34. The summed E-state index contributed by atoms with van der Waals surface area (Å²) in [7, 11) is 0. The second-order valence-corrected chi connectivity index (χ2v) is 8.30. The summed E-state index contributed by atoms with van der Waals surface area (Å²) in [5, 5.41) is 3.01. The van der Waals surface area contributed by atoms with Gasteiger partial charge >= 0.3 is 6.09 Å². The third-order valence-corrected chi connectivity index (χ3v) is 6.19. The molecule has 3 heterocycles. The lowest BCUT2D eigenvalue weighted by atomic mass is 10.2. The summed E-state index contributed by atoms with van der Waals surface area (Å²) in [6, 6.07) is 3.81. The molecule has 0 unspecified atom stereocenters. The third kappa shape index (κ3) is 3.17. The number of ether oxygens (including phenoxy) is 1. The molecule has 1 aromatic carbocycles. The van der Waals surface area contributed by atoms with Gasteiger partial charge in [0.25, 0.3) is 0 Å². The standard InChI is InChI=1S/C17H20FN3O2S2/c1-10(24)19-7-13-8-21(17(22)23-13)12-5-14(18)16-15(6-12)25-9-11-3-2-4-20(11)16/h5-6,11,13H,2-4,7-9H2,1H3,(H,19,24)/t11-,13-/m0/s1. The van der Waals surface area contributed by atoms with E-state index < -0.39 is 6.09 Å². The molecule has 2 atom stereocenters. The van der Waals surface area contributed by atoms with Crippen molar-refractivity contribution in [2.24, 2.45) is 0 Å². The first kappa shape index (κ1) is 16.9. The van der Waals surface area contributed by atoms with Crippen LogP contribution in [0.1, 0.15) is 19.8 Å². The summed E-state index contributed by atoms with van der Waals surface area (Å²) in [5.41, 5.74) is 1.26. The quantitative estimate of drug-likeness (QED) is 0.812. The van der Waals surface area contributed by atoms with Crippen molar-refractivity contribution in [2.75, 3.05) is 35.2 Å². The molecule has 0 spiro atoms. The SMILES string of the molecule is CC(=S)NC[C@H]1CN(c2cc(F)c3c(c2)SC[C@@H]2CCCN32)C(=O)O1. The minimum Gasteiger partial charge on any atom is -0.442 e. The van der Waals surface area contributed by atoms with Crippen molar-refractivity contribution in [3.63, 3.8) is 0 Å². The summed E-state index contributed by atoms with van der Waals surface area (Å²) >= 11 is 6.66. The molecule has 134 valence electrons. The number of hydrogen-bond donors (Lipinski definition) is 1. The molecular weight excluding hydrogens is 361 g/mol. The van der Waals surface area contributed by atoms with E-state index in [0.717, 1.165) is 30.0 Å². The van der Waals surface area contributed by atoms with Crippen LogP contribution in [0, 0.1) is 5.82 Å². The zero-order valence-electron chi connectivity index (χ0n) is 14.0. The Kier molecular flexibility index (Phi) is 4.49. The van der Waals surface area contributed by atoms with Crippen LogP contribution >= 0.6 is 24.0 Å². The van der Waals surface area contributed by atoms with Crippen molar-refractivity contribution in [3.8, 4) is 0 Å². The second kappa shape index (κ2) is 6.64. The van der Waals surface area contributed by atoms with Gasteiger partial charge in [-0.25, -0.2) is 9.18 Å². The molecule has 4 rings (SSSR count). The van der Waals surface area contributed by atoms with Gasteiger partial charge in [-0.3, -0.25) is 4.90 Å². The smallest absolute Gasteiger partial charge is 0.414 e. The average Bonchev–Trinajstić information content (AvgIpc) is 3.18. The maximum absolute atomic E-state index is 14.8. The van der Waals surface area contributed by atoms with Crippen LogP contribution in [0.25, 0.3) is 0 Å². The predicted molar refractivity (Wildman–Crippen MR) is 101 cm³/mol. The molecular formula is C17H20FN3O2S2. The highest BCUT2D eigenvalue weighted by molar-refractivity contribution is 7.99. The van der Waals surface area contributed by atoms with Crippen molar-refractivity contribution in [2.45, 2.75) is 36.8 Å². The molecule has 0 radical (unpaired) electrons. The summed E-state index contributed by atoms with van der Waals surface area (Å²) in [4.78, 5) is 17.5. The Morgan fingerprint density at radius 1 is 1.52 bits per heavy atom. The number of benzene rings is 1. The summed E-state index contributed by atoms with van der Waals surface area (Å²) in [5.74, 6) is 0.719. The molecule has 3 aliphatic rings. The Morgan fingerprint density at radius 2 is 2.36 bits per heavy atom. The first-order valence-corrected chi connectivity index (χ1v) is 9.88. The molecule has 5 nitrogen and oxygen atoms in total. The highest BCUT2D eigenvalue weighted by Gasteiger charge is 2.36. The topological polar surface area (TPSA) is 44.8 Å². The van der Waals surface area contributed by atoms with E-state index in [4.69, 9.17) is 17.0 Å². The lowest BCUT2D eigenvalue weighted by molar-refractivity contribution is 0.143. The molecule has 25 heavy (non-hydrogen) atoms.